The third-order valence-electron chi connectivity index (χ3n) is 1.20. The van der Waals surface area contributed by atoms with Gasteiger partial charge in [-0.2, -0.15) is 5.06 Å². The lowest BCUT2D eigenvalue weighted by molar-refractivity contribution is -0.154. The molecule has 0 atom stereocenters. The number of nitrogens with zero attached hydrogens (tertiary/aromatic N) is 1. The van der Waals surface area contributed by atoms with E-state index in [1.165, 1.54) is 0 Å². The molecule has 1 aliphatic rings. The van der Waals surface area contributed by atoms with Crippen molar-refractivity contribution in [2.75, 3.05) is 13.3 Å². The van der Waals surface area contributed by atoms with Crippen LogP contribution >= 0.6 is 0 Å². The molecule has 0 aromatic heterocycles. The predicted octanol–water partition coefficient (Wildman–Crippen LogP) is -1.45. The summed E-state index contributed by atoms with van der Waals surface area (Å²) in [5.74, 6) is -2.68. The number of aliphatic carboxylic acids is 1. The van der Waals surface area contributed by atoms with Crippen LogP contribution in [0, 0.1) is 0 Å². The van der Waals surface area contributed by atoms with Crippen molar-refractivity contribution in [3.63, 3.8) is 0 Å². The number of carbonyl (C=O) groups excluding carboxylic acids is 2. The van der Waals surface area contributed by atoms with Crippen molar-refractivity contribution in [2.45, 2.75) is 0 Å². The fourth-order valence-corrected chi connectivity index (χ4v) is 0.634. The molecular weight excluding hydrogens is 168 g/mol. The molecule has 1 heterocycles. The van der Waals surface area contributed by atoms with E-state index in [2.05, 4.69) is 10.2 Å². The smallest absolute Gasteiger partial charge is 0.374 e. The van der Waals surface area contributed by atoms with Gasteiger partial charge in [0.15, 0.2) is 0 Å². The predicted molar refractivity (Wildman–Crippen MR) is 33.8 cm³/mol. The highest BCUT2D eigenvalue weighted by molar-refractivity contribution is 6.33. The second-order valence-electron chi connectivity index (χ2n) is 2.02. The number of hydrogen-bond donors (Lipinski definition) is 2. The molecule has 0 aromatic rings. The van der Waals surface area contributed by atoms with Crippen LogP contribution in [0.25, 0.3) is 0 Å². The summed E-state index contributed by atoms with van der Waals surface area (Å²) in [5, 5.41) is 11.1. The number of carboxylic acid groups (broad SMARTS) is 1. The van der Waals surface area contributed by atoms with E-state index >= 15 is 0 Å². The average molecular weight is 174 g/mol. The van der Waals surface area contributed by atoms with Gasteiger partial charge in [-0.25, -0.2) is 14.4 Å². The van der Waals surface area contributed by atoms with Crippen LogP contribution in [0.1, 0.15) is 0 Å². The van der Waals surface area contributed by atoms with Gasteiger partial charge in [0.05, 0.1) is 0 Å². The SMILES string of the molecule is O=C(O)C(=O)CN1OCNC1=O. The molecule has 1 fully saturated rings. The van der Waals surface area contributed by atoms with Gasteiger partial charge in [0.1, 0.15) is 13.3 Å². The first-order valence-corrected chi connectivity index (χ1v) is 3.05. The van der Waals surface area contributed by atoms with Crippen LogP contribution in [-0.2, 0) is 14.4 Å². The summed E-state index contributed by atoms with van der Waals surface area (Å²) in [6.07, 6.45) is 0. The highest BCUT2D eigenvalue weighted by atomic mass is 16.7. The molecular formula is C5H6N2O5. The summed E-state index contributed by atoms with van der Waals surface area (Å²) in [7, 11) is 0. The summed E-state index contributed by atoms with van der Waals surface area (Å²) in [4.78, 5) is 35.8. The largest absolute Gasteiger partial charge is 0.475 e. The van der Waals surface area contributed by atoms with Gasteiger partial charge in [0.25, 0.3) is 5.78 Å². The minimum Gasteiger partial charge on any atom is -0.475 e. The zero-order chi connectivity index (χ0) is 9.14. The Labute approximate surface area is 66.8 Å². The fourth-order valence-electron chi connectivity index (χ4n) is 0.634. The van der Waals surface area contributed by atoms with Gasteiger partial charge in [-0.1, -0.05) is 0 Å². The van der Waals surface area contributed by atoms with E-state index in [9.17, 15) is 14.4 Å². The lowest BCUT2D eigenvalue weighted by atomic mass is 10.4. The first-order chi connectivity index (χ1) is 5.61. The number of hydrogen-bond acceptors (Lipinski definition) is 4. The van der Waals surface area contributed by atoms with Gasteiger partial charge in [0.2, 0.25) is 0 Å². The van der Waals surface area contributed by atoms with Crippen molar-refractivity contribution in [2.24, 2.45) is 0 Å². The second kappa shape index (κ2) is 3.18. The molecule has 0 spiro atoms. The zero-order valence-corrected chi connectivity index (χ0v) is 5.94. The molecule has 1 saturated heterocycles. The van der Waals surface area contributed by atoms with Gasteiger partial charge >= 0.3 is 12.0 Å². The summed E-state index contributed by atoms with van der Waals surface area (Å²) in [6, 6.07) is -0.607. The molecule has 1 rings (SSSR count). The van der Waals surface area contributed by atoms with Crippen LogP contribution in [0.3, 0.4) is 0 Å². The summed E-state index contributed by atoms with van der Waals surface area (Å²) in [6.45, 7) is -0.604. The molecule has 0 aliphatic carbocycles. The van der Waals surface area contributed by atoms with Gasteiger partial charge in [-0.3, -0.25) is 4.79 Å². The van der Waals surface area contributed by atoms with Crippen molar-refractivity contribution in [1.82, 2.24) is 10.4 Å². The zero-order valence-electron chi connectivity index (χ0n) is 5.94. The molecule has 2 N–H and O–H groups in total. The Balaban J connectivity index is 2.46. The third kappa shape index (κ3) is 1.70. The van der Waals surface area contributed by atoms with E-state index in [0.29, 0.717) is 5.06 Å². The normalized spacial score (nSPS) is 16.0. The second-order valence-corrected chi connectivity index (χ2v) is 2.02. The Morgan fingerprint density at radius 2 is 2.33 bits per heavy atom. The molecule has 2 amide bonds. The van der Waals surface area contributed by atoms with Gasteiger partial charge in [0, 0.05) is 0 Å². The maximum atomic E-state index is 10.7. The van der Waals surface area contributed by atoms with Crippen LogP contribution in [0.5, 0.6) is 0 Å². The van der Waals surface area contributed by atoms with Gasteiger partial charge in [-0.05, 0) is 0 Å². The molecule has 0 bridgehead atoms. The molecule has 1 aliphatic heterocycles. The van der Waals surface area contributed by atoms with E-state index in [4.69, 9.17) is 5.11 Å². The number of carbonyl (C=O) groups is 3. The van der Waals surface area contributed by atoms with Crippen LogP contribution in [0.15, 0.2) is 0 Å². The minimum atomic E-state index is -1.58. The first-order valence-electron chi connectivity index (χ1n) is 3.05. The number of hydroxylamine groups is 2. The quantitative estimate of drug-likeness (QED) is 0.510. The van der Waals surface area contributed by atoms with Crippen LogP contribution in [-0.4, -0.2) is 41.2 Å². The third-order valence-corrected chi connectivity index (χ3v) is 1.20. The van der Waals surface area contributed by atoms with Gasteiger partial charge < -0.3 is 10.4 Å². The van der Waals surface area contributed by atoms with E-state index in [1.54, 1.807) is 0 Å². The maximum Gasteiger partial charge on any atom is 0.374 e. The number of rotatable bonds is 3. The molecule has 0 aromatic carbocycles. The number of urea groups is 1. The Morgan fingerprint density at radius 3 is 2.75 bits per heavy atom. The lowest BCUT2D eigenvalue weighted by Crippen LogP contribution is -2.35. The van der Waals surface area contributed by atoms with E-state index in [1.807, 2.05) is 0 Å². The standard InChI is InChI=1S/C5H6N2O5/c8-3(4(9)10)1-7-5(11)6-2-12-7/h1-2H2,(H,6,11)(H,9,10). The maximum absolute atomic E-state index is 10.7. The van der Waals surface area contributed by atoms with Crippen molar-refractivity contribution in [3.8, 4) is 0 Å². The number of Topliss-reactive ketones (excluding diaryl/α,β-unsaturated/α-hetero) is 1. The van der Waals surface area contributed by atoms with E-state index in [-0.39, 0.29) is 6.73 Å². The summed E-state index contributed by atoms with van der Waals surface area (Å²) >= 11 is 0. The van der Waals surface area contributed by atoms with Gasteiger partial charge in [-0.15, -0.1) is 0 Å². The van der Waals surface area contributed by atoms with Crippen LogP contribution in [0.2, 0.25) is 0 Å². The Hall–Kier alpha value is -1.63. The minimum absolute atomic E-state index is 0.0360. The summed E-state index contributed by atoms with van der Waals surface area (Å²) in [5.41, 5.74) is 0. The number of carboxylic acids is 1. The van der Waals surface area contributed by atoms with Crippen molar-refractivity contribution in [1.29, 1.82) is 0 Å². The van der Waals surface area contributed by atoms with Crippen molar-refractivity contribution >= 4 is 17.8 Å². The first kappa shape index (κ1) is 8.47. The number of amides is 2. The van der Waals surface area contributed by atoms with E-state index in [0.717, 1.165) is 0 Å². The van der Waals surface area contributed by atoms with Crippen molar-refractivity contribution < 1.29 is 24.3 Å². The fraction of sp³-hybridized carbons (Fsp3) is 0.400. The Bertz CT molecular complexity index is 238. The number of ketones is 1. The highest BCUT2D eigenvalue weighted by Crippen LogP contribution is 1.97. The molecule has 66 valence electrons. The molecule has 7 heteroatoms. The van der Waals surface area contributed by atoms with E-state index < -0.39 is 24.3 Å². The summed E-state index contributed by atoms with van der Waals surface area (Å²) < 4.78 is 0. The monoisotopic (exact) mass is 174 g/mol. The van der Waals surface area contributed by atoms with Crippen molar-refractivity contribution in [3.05, 3.63) is 0 Å². The molecule has 0 saturated carbocycles. The molecule has 7 nitrogen and oxygen atoms in total. The van der Waals surface area contributed by atoms with Crippen LogP contribution < -0.4 is 5.32 Å². The molecule has 0 unspecified atom stereocenters. The Kier molecular flexibility index (Phi) is 2.24. The topological polar surface area (TPSA) is 95.9 Å². The number of nitrogens with one attached hydrogen (secondary N) is 1. The van der Waals surface area contributed by atoms with Crippen LogP contribution in [0.4, 0.5) is 4.79 Å². The lowest BCUT2D eigenvalue weighted by Gasteiger charge is -2.08. The Morgan fingerprint density at radius 1 is 1.67 bits per heavy atom. The highest BCUT2D eigenvalue weighted by Gasteiger charge is 2.25. The molecule has 12 heavy (non-hydrogen) atoms. The average Bonchev–Trinajstić information content (AvgIpc) is 2.36. The molecule has 0 radical (unpaired) electrons.